The molecule has 3 atom stereocenters. The van der Waals surface area contributed by atoms with Gasteiger partial charge in [0, 0.05) is 12.0 Å². The second-order valence-electron chi connectivity index (χ2n) is 5.93. The van der Waals surface area contributed by atoms with Gasteiger partial charge in [0.25, 0.3) is 0 Å². The Hall–Kier alpha value is -0.790. The summed E-state index contributed by atoms with van der Waals surface area (Å²) >= 11 is 0. The van der Waals surface area contributed by atoms with Gasteiger partial charge in [-0.25, -0.2) is 0 Å². The molecule has 2 aliphatic rings. The molecule has 0 bridgehead atoms. The van der Waals surface area contributed by atoms with E-state index in [1.807, 2.05) is 0 Å². The molecule has 2 nitrogen and oxygen atoms in total. The third kappa shape index (κ3) is 3.60. The molecule has 1 fully saturated rings. The van der Waals surface area contributed by atoms with Crippen molar-refractivity contribution in [3.63, 3.8) is 0 Å². The van der Waals surface area contributed by atoms with Crippen molar-refractivity contribution >= 4 is 5.91 Å². The van der Waals surface area contributed by atoms with Crippen molar-refractivity contribution in [2.24, 2.45) is 11.8 Å². The first-order valence-electron chi connectivity index (χ1n) is 7.76. The molecule has 2 aliphatic carbocycles. The Labute approximate surface area is 111 Å². The van der Waals surface area contributed by atoms with Gasteiger partial charge in [-0.3, -0.25) is 4.79 Å². The van der Waals surface area contributed by atoms with Crippen LogP contribution in [0.3, 0.4) is 0 Å². The summed E-state index contributed by atoms with van der Waals surface area (Å²) in [4.78, 5) is 12.2. The van der Waals surface area contributed by atoms with E-state index in [0.29, 0.717) is 11.9 Å². The summed E-state index contributed by atoms with van der Waals surface area (Å²) in [6.07, 6.45) is 15.1. The van der Waals surface area contributed by atoms with E-state index in [1.54, 1.807) is 0 Å². The normalized spacial score (nSPS) is 31.5. The second kappa shape index (κ2) is 6.96. The van der Waals surface area contributed by atoms with Crippen molar-refractivity contribution in [3.05, 3.63) is 12.2 Å². The van der Waals surface area contributed by atoms with E-state index >= 15 is 0 Å². The third-order valence-corrected chi connectivity index (χ3v) is 4.56. The van der Waals surface area contributed by atoms with Crippen LogP contribution in [0, 0.1) is 11.8 Å². The monoisotopic (exact) mass is 249 g/mol. The minimum atomic E-state index is 0.238. The van der Waals surface area contributed by atoms with E-state index in [-0.39, 0.29) is 5.92 Å². The molecule has 0 aliphatic heterocycles. The van der Waals surface area contributed by atoms with Crippen LogP contribution >= 0.6 is 0 Å². The number of carbonyl (C=O) groups is 1. The SMILES string of the molecule is CCCCC1CCCC1NC(=O)C1CC=CCC1. The first-order valence-corrected chi connectivity index (χ1v) is 7.76. The number of allylic oxidation sites excluding steroid dienone is 2. The number of hydrogen-bond donors (Lipinski definition) is 1. The zero-order valence-corrected chi connectivity index (χ0v) is 11.7. The topological polar surface area (TPSA) is 29.1 Å². The highest BCUT2D eigenvalue weighted by molar-refractivity contribution is 5.79. The number of amides is 1. The van der Waals surface area contributed by atoms with Crippen LogP contribution in [0.1, 0.15) is 64.7 Å². The fraction of sp³-hybridized carbons (Fsp3) is 0.812. The molecular weight excluding hydrogens is 222 g/mol. The van der Waals surface area contributed by atoms with E-state index in [9.17, 15) is 4.79 Å². The molecule has 102 valence electrons. The highest BCUT2D eigenvalue weighted by atomic mass is 16.1. The summed E-state index contributed by atoms with van der Waals surface area (Å²) in [5, 5.41) is 3.33. The largest absolute Gasteiger partial charge is 0.353 e. The van der Waals surface area contributed by atoms with Crippen LogP contribution < -0.4 is 5.32 Å². The maximum absolute atomic E-state index is 12.2. The zero-order valence-electron chi connectivity index (χ0n) is 11.7. The van der Waals surface area contributed by atoms with E-state index in [0.717, 1.165) is 25.2 Å². The number of unbranched alkanes of at least 4 members (excludes halogenated alkanes) is 1. The average Bonchev–Trinajstić information content (AvgIpc) is 2.84. The van der Waals surface area contributed by atoms with Crippen molar-refractivity contribution in [2.75, 3.05) is 0 Å². The predicted octanol–water partition coefficient (Wildman–Crippen LogP) is 3.82. The molecule has 3 unspecified atom stereocenters. The zero-order chi connectivity index (χ0) is 12.8. The number of hydrogen-bond acceptors (Lipinski definition) is 1. The Bertz CT molecular complexity index is 297. The van der Waals surface area contributed by atoms with E-state index < -0.39 is 0 Å². The minimum absolute atomic E-state index is 0.238. The smallest absolute Gasteiger partial charge is 0.223 e. The van der Waals surface area contributed by atoms with Crippen LogP contribution in [0.25, 0.3) is 0 Å². The maximum atomic E-state index is 12.2. The molecule has 1 N–H and O–H groups in total. The van der Waals surface area contributed by atoms with Gasteiger partial charge in [0.15, 0.2) is 0 Å². The van der Waals surface area contributed by atoms with Crippen molar-refractivity contribution < 1.29 is 4.79 Å². The minimum Gasteiger partial charge on any atom is -0.353 e. The molecule has 0 saturated heterocycles. The van der Waals surface area contributed by atoms with Crippen LogP contribution in [0.5, 0.6) is 0 Å². The molecule has 0 radical (unpaired) electrons. The molecule has 1 amide bonds. The summed E-state index contributed by atoms with van der Waals surface area (Å²) < 4.78 is 0. The number of nitrogens with one attached hydrogen (secondary N) is 1. The first-order chi connectivity index (χ1) is 8.81. The van der Waals surface area contributed by atoms with Gasteiger partial charge in [0.05, 0.1) is 0 Å². The standard InChI is InChI=1S/C16H27NO/c1-2-3-8-13-11-7-12-15(13)17-16(18)14-9-5-4-6-10-14/h4-5,13-15H,2-3,6-12H2,1H3,(H,17,18). The third-order valence-electron chi connectivity index (χ3n) is 4.56. The lowest BCUT2D eigenvalue weighted by molar-refractivity contribution is -0.126. The van der Waals surface area contributed by atoms with Gasteiger partial charge in [-0.05, 0) is 44.4 Å². The lowest BCUT2D eigenvalue weighted by atomic mass is 9.92. The quantitative estimate of drug-likeness (QED) is 0.737. The lowest BCUT2D eigenvalue weighted by Crippen LogP contribution is -2.41. The van der Waals surface area contributed by atoms with E-state index in [2.05, 4.69) is 24.4 Å². The molecular formula is C16H27NO. The van der Waals surface area contributed by atoms with E-state index in [4.69, 9.17) is 0 Å². The van der Waals surface area contributed by atoms with Crippen molar-refractivity contribution in [3.8, 4) is 0 Å². The summed E-state index contributed by atoms with van der Waals surface area (Å²) in [6, 6.07) is 0.468. The number of carbonyl (C=O) groups excluding carboxylic acids is 1. The van der Waals surface area contributed by atoms with Crippen LogP contribution in [-0.4, -0.2) is 11.9 Å². The average molecular weight is 249 g/mol. The van der Waals surface area contributed by atoms with E-state index in [1.165, 1.54) is 38.5 Å². The lowest BCUT2D eigenvalue weighted by Gasteiger charge is -2.24. The van der Waals surface area contributed by atoms with Crippen molar-refractivity contribution in [2.45, 2.75) is 70.8 Å². The Morgan fingerprint density at radius 2 is 2.17 bits per heavy atom. The van der Waals surface area contributed by atoms with Crippen LogP contribution in [0.2, 0.25) is 0 Å². The van der Waals surface area contributed by atoms with Gasteiger partial charge >= 0.3 is 0 Å². The maximum Gasteiger partial charge on any atom is 0.223 e. The molecule has 0 aromatic carbocycles. The van der Waals surface area contributed by atoms with Gasteiger partial charge in [0.1, 0.15) is 0 Å². The Balaban J connectivity index is 1.80. The Morgan fingerprint density at radius 3 is 2.89 bits per heavy atom. The fourth-order valence-electron chi connectivity index (χ4n) is 3.37. The summed E-state index contributed by atoms with van der Waals surface area (Å²) in [5.41, 5.74) is 0. The highest BCUT2D eigenvalue weighted by Crippen LogP contribution is 2.30. The molecule has 1 saturated carbocycles. The van der Waals surface area contributed by atoms with Gasteiger partial charge in [0.2, 0.25) is 5.91 Å². The van der Waals surface area contributed by atoms with Crippen molar-refractivity contribution in [1.29, 1.82) is 0 Å². The molecule has 18 heavy (non-hydrogen) atoms. The van der Waals surface area contributed by atoms with Crippen molar-refractivity contribution in [1.82, 2.24) is 5.32 Å². The molecule has 2 rings (SSSR count). The molecule has 0 aromatic heterocycles. The second-order valence-corrected chi connectivity index (χ2v) is 5.93. The fourth-order valence-corrected chi connectivity index (χ4v) is 3.37. The predicted molar refractivity (Wildman–Crippen MR) is 75.3 cm³/mol. The number of rotatable bonds is 5. The molecule has 2 heteroatoms. The first kappa shape index (κ1) is 13.6. The summed E-state index contributed by atoms with van der Waals surface area (Å²) in [5.74, 6) is 1.29. The molecule has 0 spiro atoms. The molecule has 0 aromatic rings. The Morgan fingerprint density at radius 1 is 1.28 bits per heavy atom. The van der Waals surface area contributed by atoms with Gasteiger partial charge in [-0.2, -0.15) is 0 Å². The summed E-state index contributed by atoms with van der Waals surface area (Å²) in [7, 11) is 0. The van der Waals surface area contributed by atoms with Gasteiger partial charge < -0.3 is 5.32 Å². The Kier molecular flexibility index (Phi) is 5.27. The summed E-state index contributed by atoms with van der Waals surface area (Å²) in [6.45, 7) is 2.25. The highest BCUT2D eigenvalue weighted by Gasteiger charge is 2.29. The molecule has 0 heterocycles. The van der Waals surface area contributed by atoms with Gasteiger partial charge in [-0.15, -0.1) is 0 Å². The van der Waals surface area contributed by atoms with Crippen LogP contribution in [0.15, 0.2) is 12.2 Å². The van der Waals surface area contributed by atoms with Crippen LogP contribution in [0.4, 0.5) is 0 Å². The van der Waals surface area contributed by atoms with Crippen LogP contribution in [-0.2, 0) is 4.79 Å². The van der Waals surface area contributed by atoms with Gasteiger partial charge in [-0.1, -0.05) is 38.3 Å².